The highest BCUT2D eigenvalue weighted by atomic mass is 19.1. The summed E-state index contributed by atoms with van der Waals surface area (Å²) in [6.45, 7) is 3.88. The maximum atomic E-state index is 12.8. The van der Waals surface area contributed by atoms with Gasteiger partial charge in [0.2, 0.25) is 0 Å². The van der Waals surface area contributed by atoms with Crippen molar-refractivity contribution in [1.82, 2.24) is 4.98 Å². The number of esters is 1. The van der Waals surface area contributed by atoms with E-state index in [1.807, 2.05) is 0 Å². The second-order valence-corrected chi connectivity index (χ2v) is 3.37. The van der Waals surface area contributed by atoms with Crippen LogP contribution < -0.4 is 0 Å². The molecule has 0 amide bonds. The van der Waals surface area contributed by atoms with Crippen LogP contribution in [0.2, 0.25) is 0 Å². The highest BCUT2D eigenvalue weighted by Gasteiger charge is 2.14. The Morgan fingerprint density at radius 1 is 1.60 bits per heavy atom. The number of halogens is 1. The third-order valence-electron chi connectivity index (χ3n) is 1.99. The molecule has 0 N–H and O–H groups in total. The average molecular weight is 211 g/mol. The molecule has 1 aromatic rings. The third kappa shape index (κ3) is 3.65. The van der Waals surface area contributed by atoms with Crippen molar-refractivity contribution in [1.29, 1.82) is 0 Å². The Morgan fingerprint density at radius 2 is 2.33 bits per heavy atom. The van der Waals surface area contributed by atoms with Crippen LogP contribution in [-0.4, -0.2) is 17.6 Å². The number of rotatable bonds is 4. The molecule has 0 fully saturated rings. The zero-order chi connectivity index (χ0) is 11.3. The van der Waals surface area contributed by atoms with Crippen LogP contribution in [0.4, 0.5) is 4.39 Å². The molecule has 0 aliphatic rings. The van der Waals surface area contributed by atoms with Gasteiger partial charge in [-0.2, -0.15) is 0 Å². The van der Waals surface area contributed by atoms with Gasteiger partial charge in [0.15, 0.2) is 0 Å². The van der Waals surface area contributed by atoms with Crippen molar-refractivity contribution in [2.24, 2.45) is 5.92 Å². The summed E-state index contributed by atoms with van der Waals surface area (Å²) in [6.07, 6.45) is 3.14. The van der Waals surface area contributed by atoms with Gasteiger partial charge in [-0.3, -0.25) is 9.78 Å². The van der Waals surface area contributed by atoms with Gasteiger partial charge in [0.05, 0.1) is 18.7 Å². The van der Waals surface area contributed by atoms with Gasteiger partial charge in [-0.25, -0.2) is 4.39 Å². The lowest BCUT2D eigenvalue weighted by atomic mass is 10.0. The molecule has 82 valence electrons. The first-order valence-corrected chi connectivity index (χ1v) is 4.89. The van der Waals surface area contributed by atoms with Crippen molar-refractivity contribution in [3.05, 3.63) is 29.8 Å². The van der Waals surface area contributed by atoms with E-state index in [2.05, 4.69) is 4.98 Å². The van der Waals surface area contributed by atoms with Gasteiger partial charge in [-0.15, -0.1) is 0 Å². The number of nitrogens with zero attached hydrogens (tertiary/aromatic N) is 1. The lowest BCUT2D eigenvalue weighted by molar-refractivity contribution is -0.147. The minimum Gasteiger partial charge on any atom is -0.466 e. The summed E-state index contributed by atoms with van der Waals surface area (Å²) in [5.74, 6) is -0.918. The van der Waals surface area contributed by atoms with Crippen molar-refractivity contribution in [2.45, 2.75) is 20.3 Å². The van der Waals surface area contributed by atoms with Gasteiger partial charge in [0.25, 0.3) is 0 Å². The van der Waals surface area contributed by atoms with Crippen LogP contribution in [0.5, 0.6) is 0 Å². The maximum absolute atomic E-state index is 12.8. The summed E-state index contributed by atoms with van der Waals surface area (Å²) in [5.41, 5.74) is 0.704. The molecule has 0 aromatic carbocycles. The van der Waals surface area contributed by atoms with E-state index in [4.69, 9.17) is 4.74 Å². The molecule has 0 spiro atoms. The Kier molecular flexibility index (Phi) is 4.21. The van der Waals surface area contributed by atoms with Crippen molar-refractivity contribution in [2.75, 3.05) is 6.61 Å². The summed E-state index contributed by atoms with van der Waals surface area (Å²) in [4.78, 5) is 15.0. The Labute approximate surface area is 88.3 Å². The van der Waals surface area contributed by atoms with Gasteiger partial charge in [-0.1, -0.05) is 6.92 Å². The standard InChI is InChI=1S/C11H14FNO2/c1-3-15-11(14)8(2)4-9-5-10(12)7-13-6-9/h5-8H,3-4H2,1-2H3. The molecular weight excluding hydrogens is 197 g/mol. The van der Waals surface area contributed by atoms with Gasteiger partial charge in [0.1, 0.15) is 5.82 Å². The van der Waals surface area contributed by atoms with Crippen LogP contribution in [0.15, 0.2) is 18.5 Å². The van der Waals surface area contributed by atoms with Crippen molar-refractivity contribution in [3.8, 4) is 0 Å². The zero-order valence-corrected chi connectivity index (χ0v) is 8.87. The van der Waals surface area contributed by atoms with E-state index < -0.39 is 0 Å². The number of carbonyl (C=O) groups excluding carboxylic acids is 1. The molecule has 1 heterocycles. The lowest BCUT2D eigenvalue weighted by Gasteiger charge is -2.09. The predicted molar refractivity (Wildman–Crippen MR) is 53.7 cm³/mol. The van der Waals surface area contributed by atoms with Crippen molar-refractivity contribution >= 4 is 5.97 Å². The van der Waals surface area contributed by atoms with Crippen LogP contribution in [-0.2, 0) is 16.0 Å². The van der Waals surface area contributed by atoms with E-state index in [-0.39, 0.29) is 17.7 Å². The number of aromatic nitrogens is 1. The van der Waals surface area contributed by atoms with E-state index in [1.54, 1.807) is 20.0 Å². The van der Waals surface area contributed by atoms with Gasteiger partial charge in [0, 0.05) is 6.20 Å². The first-order valence-electron chi connectivity index (χ1n) is 4.89. The number of hydrogen-bond donors (Lipinski definition) is 0. The van der Waals surface area contributed by atoms with Gasteiger partial charge < -0.3 is 4.74 Å². The molecule has 0 saturated carbocycles. The molecule has 1 aromatic heterocycles. The second kappa shape index (κ2) is 5.44. The summed E-state index contributed by atoms with van der Waals surface area (Å²) in [7, 11) is 0. The minimum atomic E-state index is -0.386. The third-order valence-corrected chi connectivity index (χ3v) is 1.99. The monoisotopic (exact) mass is 211 g/mol. The van der Waals surface area contributed by atoms with Crippen LogP contribution >= 0.6 is 0 Å². The van der Waals surface area contributed by atoms with Crippen LogP contribution in [0.25, 0.3) is 0 Å². The average Bonchev–Trinajstić information content (AvgIpc) is 2.18. The summed E-state index contributed by atoms with van der Waals surface area (Å²) in [5, 5.41) is 0. The molecule has 15 heavy (non-hydrogen) atoms. The minimum absolute atomic E-state index is 0.262. The van der Waals surface area contributed by atoms with Crippen molar-refractivity contribution in [3.63, 3.8) is 0 Å². The van der Waals surface area contributed by atoms with Crippen LogP contribution in [0.1, 0.15) is 19.4 Å². The summed E-state index contributed by atoms with van der Waals surface area (Å²) >= 11 is 0. The van der Waals surface area contributed by atoms with Gasteiger partial charge >= 0.3 is 5.97 Å². The van der Waals surface area contributed by atoms with Crippen LogP contribution in [0, 0.1) is 11.7 Å². The Bertz CT molecular complexity index is 341. The zero-order valence-electron chi connectivity index (χ0n) is 8.87. The highest BCUT2D eigenvalue weighted by molar-refractivity contribution is 5.72. The normalized spacial score (nSPS) is 12.2. The molecule has 3 nitrogen and oxygen atoms in total. The van der Waals surface area contributed by atoms with E-state index in [9.17, 15) is 9.18 Å². The summed E-state index contributed by atoms with van der Waals surface area (Å²) < 4.78 is 17.6. The van der Waals surface area contributed by atoms with Gasteiger partial charge in [-0.05, 0) is 25.0 Å². The fraction of sp³-hybridized carbons (Fsp3) is 0.455. The number of hydrogen-bond acceptors (Lipinski definition) is 3. The molecule has 0 aliphatic heterocycles. The fourth-order valence-corrected chi connectivity index (χ4v) is 1.29. The molecular formula is C11H14FNO2. The largest absolute Gasteiger partial charge is 0.466 e. The van der Waals surface area contributed by atoms with Crippen molar-refractivity contribution < 1.29 is 13.9 Å². The summed E-state index contributed by atoms with van der Waals surface area (Å²) in [6, 6.07) is 1.38. The predicted octanol–water partition coefficient (Wildman–Crippen LogP) is 1.96. The fourth-order valence-electron chi connectivity index (χ4n) is 1.29. The Morgan fingerprint density at radius 3 is 2.93 bits per heavy atom. The Hall–Kier alpha value is -1.45. The molecule has 0 bridgehead atoms. The molecule has 0 radical (unpaired) electrons. The topological polar surface area (TPSA) is 39.2 Å². The lowest BCUT2D eigenvalue weighted by Crippen LogP contribution is -2.17. The molecule has 0 saturated heterocycles. The molecule has 4 heteroatoms. The number of ether oxygens (including phenoxy) is 1. The van der Waals surface area contributed by atoms with E-state index in [0.29, 0.717) is 18.6 Å². The second-order valence-electron chi connectivity index (χ2n) is 3.37. The number of carbonyl (C=O) groups is 1. The van der Waals surface area contributed by atoms with E-state index in [0.717, 1.165) is 6.20 Å². The SMILES string of the molecule is CCOC(=O)C(C)Cc1cncc(F)c1. The first-order chi connectivity index (χ1) is 7.13. The smallest absolute Gasteiger partial charge is 0.308 e. The van der Waals surface area contributed by atoms with E-state index in [1.165, 1.54) is 6.07 Å². The Balaban J connectivity index is 2.58. The molecule has 1 atom stereocenters. The number of pyridine rings is 1. The highest BCUT2D eigenvalue weighted by Crippen LogP contribution is 2.10. The molecule has 0 aliphatic carbocycles. The first kappa shape index (κ1) is 11.6. The maximum Gasteiger partial charge on any atom is 0.308 e. The van der Waals surface area contributed by atoms with Crippen LogP contribution in [0.3, 0.4) is 0 Å². The quantitative estimate of drug-likeness (QED) is 0.715. The molecule has 1 rings (SSSR count). The molecule has 1 unspecified atom stereocenters. The van der Waals surface area contributed by atoms with E-state index >= 15 is 0 Å².